The maximum absolute atomic E-state index is 11.6. The number of carbonyl (C=O) groups is 1. The summed E-state index contributed by atoms with van der Waals surface area (Å²) in [6, 6.07) is 3.35. The van der Waals surface area contributed by atoms with E-state index in [-0.39, 0.29) is 5.78 Å². The molecule has 0 saturated heterocycles. The van der Waals surface area contributed by atoms with E-state index in [2.05, 4.69) is 11.6 Å². The molecule has 1 aliphatic heterocycles. The Bertz CT molecular complexity index is 557. The number of rotatable bonds is 0. The second kappa shape index (κ2) is 3.07. The van der Waals surface area contributed by atoms with Gasteiger partial charge in [-0.3, -0.25) is 9.79 Å². The zero-order valence-corrected chi connectivity index (χ0v) is 8.43. The molecule has 0 N–H and O–H groups in total. The Labute approximate surface area is 86.2 Å². The Morgan fingerprint density at radius 3 is 2.86 bits per heavy atom. The van der Waals surface area contributed by atoms with E-state index in [0.29, 0.717) is 26.9 Å². The number of fused-ring (bicyclic) bond motifs is 1. The second-order valence-corrected chi connectivity index (χ2v) is 3.59. The van der Waals surface area contributed by atoms with Crippen LogP contribution in [0.3, 0.4) is 0 Å². The minimum atomic E-state index is -0.0333. The van der Waals surface area contributed by atoms with Crippen molar-refractivity contribution in [1.29, 1.82) is 0 Å². The molecule has 0 amide bonds. The maximum atomic E-state index is 11.6. The molecule has 1 aromatic rings. The molecule has 70 valence electrons. The summed E-state index contributed by atoms with van der Waals surface area (Å²) < 4.78 is 0. The van der Waals surface area contributed by atoms with Gasteiger partial charge in [-0.25, -0.2) is 0 Å². The number of hydrogen-bond donors (Lipinski definition) is 0. The highest BCUT2D eigenvalue weighted by atomic mass is 35.5. The van der Waals surface area contributed by atoms with Crippen LogP contribution < -0.4 is 10.6 Å². The van der Waals surface area contributed by atoms with Crippen LogP contribution in [-0.2, 0) is 0 Å². The minimum Gasteiger partial charge on any atom is -0.289 e. The summed E-state index contributed by atoms with van der Waals surface area (Å²) in [6.07, 6.45) is 1.51. The summed E-state index contributed by atoms with van der Waals surface area (Å²) in [5, 5.41) is 1.75. The zero-order chi connectivity index (χ0) is 10.3. The molecule has 2 rings (SSSR count). The zero-order valence-electron chi connectivity index (χ0n) is 7.67. The molecule has 0 bridgehead atoms. The quantitative estimate of drug-likeness (QED) is 0.631. The van der Waals surface area contributed by atoms with Crippen LogP contribution >= 0.6 is 11.6 Å². The standard InChI is InChI=1S/C11H8ClNO/c1-6-5-10(14)8-3-4-9(12)7(2)11(8)13-6/h3-5H,2H2,1H3. The molecule has 0 aliphatic carbocycles. The van der Waals surface area contributed by atoms with Gasteiger partial charge in [-0.05, 0) is 19.1 Å². The van der Waals surface area contributed by atoms with Gasteiger partial charge >= 0.3 is 0 Å². The molecule has 3 heteroatoms. The molecule has 1 aromatic carbocycles. The van der Waals surface area contributed by atoms with Crippen LogP contribution in [0, 0.1) is 0 Å². The number of halogens is 1. The predicted molar refractivity (Wildman–Crippen MR) is 55.8 cm³/mol. The minimum absolute atomic E-state index is 0.0333. The summed E-state index contributed by atoms with van der Waals surface area (Å²) in [7, 11) is 0. The SMILES string of the molecule is C=c1c(Cl)ccc2c1=NC(C)=CC2=O. The van der Waals surface area contributed by atoms with Crippen LogP contribution in [0.5, 0.6) is 0 Å². The fourth-order valence-electron chi connectivity index (χ4n) is 1.41. The molecule has 1 aliphatic rings. The van der Waals surface area contributed by atoms with E-state index in [4.69, 9.17) is 11.6 Å². The van der Waals surface area contributed by atoms with Crippen molar-refractivity contribution < 1.29 is 4.79 Å². The molecule has 0 unspecified atom stereocenters. The van der Waals surface area contributed by atoms with E-state index in [9.17, 15) is 4.79 Å². The normalized spacial score (nSPS) is 14.4. The van der Waals surface area contributed by atoms with Gasteiger partial charge < -0.3 is 0 Å². The van der Waals surface area contributed by atoms with Crippen molar-refractivity contribution in [2.45, 2.75) is 6.92 Å². The van der Waals surface area contributed by atoms with Crippen LogP contribution in [-0.4, -0.2) is 5.78 Å². The Morgan fingerprint density at radius 2 is 2.14 bits per heavy atom. The van der Waals surface area contributed by atoms with Crippen molar-refractivity contribution >= 4 is 24.0 Å². The van der Waals surface area contributed by atoms with Gasteiger partial charge in [0.05, 0.1) is 5.36 Å². The van der Waals surface area contributed by atoms with E-state index < -0.39 is 0 Å². The Kier molecular flexibility index (Phi) is 2.01. The second-order valence-electron chi connectivity index (χ2n) is 3.18. The summed E-state index contributed by atoms with van der Waals surface area (Å²) in [5.74, 6) is -0.0333. The largest absolute Gasteiger partial charge is 0.289 e. The number of benzene rings is 1. The lowest BCUT2D eigenvalue weighted by molar-refractivity contribution is 0.104. The van der Waals surface area contributed by atoms with Crippen LogP contribution in [0.4, 0.5) is 0 Å². The molecule has 2 nitrogen and oxygen atoms in total. The van der Waals surface area contributed by atoms with Crippen molar-refractivity contribution in [3.63, 3.8) is 0 Å². The van der Waals surface area contributed by atoms with Gasteiger partial charge in [-0.1, -0.05) is 18.2 Å². The first-order valence-corrected chi connectivity index (χ1v) is 4.56. The summed E-state index contributed by atoms with van der Waals surface area (Å²) >= 11 is 5.89. The van der Waals surface area contributed by atoms with Crippen molar-refractivity contribution in [1.82, 2.24) is 0 Å². The lowest BCUT2D eigenvalue weighted by Crippen LogP contribution is -2.32. The van der Waals surface area contributed by atoms with Gasteiger partial charge in [0.2, 0.25) is 0 Å². The molecule has 1 heterocycles. The predicted octanol–water partition coefficient (Wildman–Crippen LogP) is 1.47. The lowest BCUT2D eigenvalue weighted by Gasteiger charge is -2.05. The van der Waals surface area contributed by atoms with Crippen LogP contribution in [0.15, 0.2) is 28.9 Å². The highest BCUT2D eigenvalue weighted by molar-refractivity contribution is 6.30. The van der Waals surface area contributed by atoms with Gasteiger partial charge in [0.1, 0.15) is 0 Å². The Hall–Kier alpha value is -1.41. The van der Waals surface area contributed by atoms with Gasteiger partial charge in [0.15, 0.2) is 5.78 Å². The third-order valence-corrected chi connectivity index (χ3v) is 2.47. The van der Waals surface area contributed by atoms with Crippen molar-refractivity contribution in [2.24, 2.45) is 4.99 Å². The highest BCUT2D eigenvalue weighted by Crippen LogP contribution is 2.07. The summed E-state index contributed by atoms with van der Waals surface area (Å²) in [6.45, 7) is 5.58. The first-order valence-electron chi connectivity index (χ1n) is 4.18. The van der Waals surface area contributed by atoms with Gasteiger partial charge in [0, 0.05) is 27.6 Å². The number of nitrogens with zero attached hydrogens (tertiary/aromatic N) is 1. The Morgan fingerprint density at radius 1 is 1.43 bits per heavy atom. The first kappa shape index (κ1) is 9.16. The molecular formula is C11H8ClNO. The fourth-order valence-corrected chi connectivity index (χ4v) is 1.57. The van der Waals surface area contributed by atoms with Crippen molar-refractivity contribution in [2.75, 3.05) is 0 Å². The van der Waals surface area contributed by atoms with Gasteiger partial charge in [-0.2, -0.15) is 0 Å². The Balaban J connectivity index is 2.93. The third-order valence-electron chi connectivity index (χ3n) is 2.12. The average molecular weight is 206 g/mol. The van der Waals surface area contributed by atoms with Crippen LogP contribution in [0.2, 0.25) is 5.02 Å². The van der Waals surface area contributed by atoms with Crippen LogP contribution in [0.1, 0.15) is 17.3 Å². The van der Waals surface area contributed by atoms with Gasteiger partial charge in [0.25, 0.3) is 0 Å². The number of ketones is 1. The monoisotopic (exact) mass is 205 g/mol. The van der Waals surface area contributed by atoms with E-state index >= 15 is 0 Å². The average Bonchev–Trinajstić information content (AvgIpc) is 2.12. The lowest BCUT2D eigenvalue weighted by atomic mass is 10.1. The number of hydrogen-bond acceptors (Lipinski definition) is 2. The van der Waals surface area contributed by atoms with Crippen molar-refractivity contribution in [3.8, 4) is 0 Å². The molecule has 14 heavy (non-hydrogen) atoms. The third kappa shape index (κ3) is 1.28. The van der Waals surface area contributed by atoms with E-state index in [0.717, 1.165) is 0 Å². The van der Waals surface area contributed by atoms with Gasteiger partial charge in [-0.15, -0.1) is 0 Å². The highest BCUT2D eigenvalue weighted by Gasteiger charge is 2.12. The number of carbonyl (C=O) groups excluding carboxylic acids is 1. The fraction of sp³-hybridized carbons (Fsp3) is 0.0909. The molecular weight excluding hydrogens is 198 g/mol. The maximum Gasteiger partial charge on any atom is 0.189 e. The molecule has 0 fully saturated rings. The molecule has 0 saturated carbocycles. The summed E-state index contributed by atoms with van der Waals surface area (Å²) in [5.41, 5.74) is 1.26. The van der Waals surface area contributed by atoms with Crippen LogP contribution in [0.25, 0.3) is 6.58 Å². The number of allylic oxidation sites excluding steroid dienone is 2. The van der Waals surface area contributed by atoms with E-state index in [1.165, 1.54) is 6.08 Å². The molecule has 0 spiro atoms. The first-order chi connectivity index (χ1) is 6.59. The topological polar surface area (TPSA) is 29.4 Å². The molecule has 0 atom stereocenters. The smallest absolute Gasteiger partial charge is 0.189 e. The van der Waals surface area contributed by atoms with E-state index in [1.807, 2.05) is 0 Å². The van der Waals surface area contributed by atoms with E-state index in [1.54, 1.807) is 19.1 Å². The molecule has 0 radical (unpaired) electrons. The van der Waals surface area contributed by atoms with Crippen molar-refractivity contribution in [3.05, 3.63) is 45.1 Å². The summed E-state index contributed by atoms with van der Waals surface area (Å²) in [4.78, 5) is 15.8. The molecule has 0 aromatic heterocycles.